The van der Waals surface area contributed by atoms with Gasteiger partial charge in [0, 0.05) is 17.3 Å². The van der Waals surface area contributed by atoms with Gasteiger partial charge in [-0.25, -0.2) is 0 Å². The molecule has 1 aromatic rings. The zero-order chi connectivity index (χ0) is 9.97. The Labute approximate surface area is 90.7 Å². The van der Waals surface area contributed by atoms with Gasteiger partial charge in [-0.3, -0.25) is 0 Å². The van der Waals surface area contributed by atoms with Gasteiger partial charge < -0.3 is 4.90 Å². The number of hydrogen-bond acceptors (Lipinski definition) is 2. The van der Waals surface area contributed by atoms with E-state index in [-0.39, 0.29) is 0 Å². The molecule has 2 rings (SSSR count). The monoisotopic (exact) mass is 209 g/mol. The molecule has 0 N–H and O–H groups in total. The third-order valence-corrected chi connectivity index (χ3v) is 4.11. The van der Waals surface area contributed by atoms with E-state index in [1.807, 2.05) is 11.3 Å². The van der Waals surface area contributed by atoms with Crippen molar-refractivity contribution in [2.24, 2.45) is 0 Å². The molecule has 0 aromatic carbocycles. The van der Waals surface area contributed by atoms with Crippen molar-refractivity contribution < 1.29 is 0 Å². The van der Waals surface area contributed by atoms with E-state index in [2.05, 4.69) is 30.4 Å². The average molecular weight is 209 g/mol. The molecule has 2 heteroatoms. The Kier molecular flexibility index (Phi) is 3.24. The summed E-state index contributed by atoms with van der Waals surface area (Å²) in [6.07, 6.45) is 5.47. The lowest BCUT2D eigenvalue weighted by Gasteiger charge is -2.19. The van der Waals surface area contributed by atoms with Crippen molar-refractivity contribution in [1.29, 1.82) is 0 Å². The predicted octanol–water partition coefficient (Wildman–Crippen LogP) is 3.12. The number of fused-ring (bicyclic) bond motifs is 1. The minimum Gasteiger partial charge on any atom is -0.309 e. The number of nitrogens with zero attached hydrogens (tertiary/aromatic N) is 1. The van der Waals surface area contributed by atoms with E-state index in [0.29, 0.717) is 0 Å². The Morgan fingerprint density at radius 3 is 3.07 bits per heavy atom. The van der Waals surface area contributed by atoms with Crippen molar-refractivity contribution in [2.75, 3.05) is 20.6 Å². The van der Waals surface area contributed by atoms with E-state index in [0.717, 1.165) is 5.92 Å². The molecular weight excluding hydrogens is 190 g/mol. The largest absolute Gasteiger partial charge is 0.309 e. The normalized spacial score (nSPS) is 22.1. The highest BCUT2D eigenvalue weighted by Crippen LogP contribution is 2.34. The average Bonchev–Trinajstić information content (AvgIpc) is 2.51. The summed E-state index contributed by atoms with van der Waals surface area (Å²) < 4.78 is 0. The second kappa shape index (κ2) is 4.45. The van der Waals surface area contributed by atoms with E-state index in [4.69, 9.17) is 0 Å². The molecule has 0 spiro atoms. The van der Waals surface area contributed by atoms with Crippen molar-refractivity contribution in [1.82, 2.24) is 4.90 Å². The first-order valence-electron chi connectivity index (χ1n) is 5.48. The van der Waals surface area contributed by atoms with Gasteiger partial charge >= 0.3 is 0 Å². The van der Waals surface area contributed by atoms with Crippen LogP contribution in [0.15, 0.2) is 11.4 Å². The third-order valence-electron chi connectivity index (χ3n) is 2.99. The highest BCUT2D eigenvalue weighted by molar-refractivity contribution is 7.10. The van der Waals surface area contributed by atoms with E-state index < -0.39 is 0 Å². The summed E-state index contributed by atoms with van der Waals surface area (Å²) in [7, 11) is 4.36. The minimum atomic E-state index is 0.794. The highest BCUT2D eigenvalue weighted by Gasteiger charge is 2.20. The van der Waals surface area contributed by atoms with Gasteiger partial charge in [0.25, 0.3) is 0 Å². The fraction of sp³-hybridized carbons (Fsp3) is 0.667. The van der Waals surface area contributed by atoms with Crippen LogP contribution in [0.25, 0.3) is 0 Å². The summed E-state index contributed by atoms with van der Waals surface area (Å²) in [5, 5.41) is 2.26. The summed E-state index contributed by atoms with van der Waals surface area (Å²) in [6.45, 7) is 1.22. The first-order valence-corrected chi connectivity index (χ1v) is 6.36. The molecule has 1 aromatic heterocycles. The van der Waals surface area contributed by atoms with Crippen LogP contribution in [-0.4, -0.2) is 25.5 Å². The lowest BCUT2D eigenvalue weighted by atomic mass is 10.0. The zero-order valence-electron chi connectivity index (χ0n) is 9.12. The molecule has 1 heterocycles. The Morgan fingerprint density at radius 1 is 1.43 bits per heavy atom. The van der Waals surface area contributed by atoms with Gasteiger partial charge in [0.05, 0.1) is 0 Å². The van der Waals surface area contributed by atoms with Crippen LogP contribution in [0, 0.1) is 0 Å². The molecule has 0 fully saturated rings. The van der Waals surface area contributed by atoms with Gasteiger partial charge in [-0.1, -0.05) is 6.42 Å². The van der Waals surface area contributed by atoms with Crippen molar-refractivity contribution in [3.63, 3.8) is 0 Å². The smallest absolute Gasteiger partial charge is 0.0121 e. The Balaban J connectivity index is 2.17. The molecule has 1 unspecified atom stereocenters. The Hall–Kier alpha value is -0.340. The van der Waals surface area contributed by atoms with Crippen LogP contribution in [0.1, 0.15) is 35.6 Å². The first kappa shape index (κ1) is 10.2. The fourth-order valence-electron chi connectivity index (χ4n) is 2.36. The fourth-order valence-corrected chi connectivity index (χ4v) is 3.45. The summed E-state index contributed by atoms with van der Waals surface area (Å²) in [5.74, 6) is 0.794. The van der Waals surface area contributed by atoms with Crippen LogP contribution in [0.2, 0.25) is 0 Å². The molecule has 0 saturated heterocycles. The molecule has 1 atom stereocenters. The summed E-state index contributed by atoms with van der Waals surface area (Å²) in [5.41, 5.74) is 1.62. The lowest BCUT2D eigenvalue weighted by Crippen LogP contribution is -2.19. The number of aryl methyl sites for hydroxylation is 1. The molecule has 78 valence electrons. The summed E-state index contributed by atoms with van der Waals surface area (Å²) in [4.78, 5) is 3.98. The quantitative estimate of drug-likeness (QED) is 0.676. The van der Waals surface area contributed by atoms with Gasteiger partial charge in [-0.15, -0.1) is 11.3 Å². The van der Waals surface area contributed by atoms with Crippen LogP contribution in [-0.2, 0) is 6.42 Å². The Morgan fingerprint density at radius 2 is 2.29 bits per heavy atom. The topological polar surface area (TPSA) is 3.24 Å². The second-order valence-corrected chi connectivity index (χ2v) is 5.46. The second-order valence-electron chi connectivity index (χ2n) is 4.52. The van der Waals surface area contributed by atoms with Crippen LogP contribution in [0.5, 0.6) is 0 Å². The lowest BCUT2D eigenvalue weighted by molar-refractivity contribution is 0.364. The molecule has 1 aliphatic carbocycles. The molecule has 0 aliphatic heterocycles. The highest BCUT2D eigenvalue weighted by atomic mass is 32.1. The molecule has 0 bridgehead atoms. The van der Waals surface area contributed by atoms with Gasteiger partial charge in [-0.05, 0) is 50.4 Å². The predicted molar refractivity (Wildman–Crippen MR) is 63.2 cm³/mol. The van der Waals surface area contributed by atoms with Crippen molar-refractivity contribution in [2.45, 2.75) is 31.6 Å². The van der Waals surface area contributed by atoms with Gasteiger partial charge in [0.1, 0.15) is 0 Å². The SMILES string of the molecule is CN(C)CC1CCCCc2ccsc21. The molecule has 0 amide bonds. The molecular formula is C12H19NS. The number of hydrogen-bond donors (Lipinski definition) is 0. The molecule has 1 nitrogen and oxygen atoms in total. The van der Waals surface area contributed by atoms with Crippen molar-refractivity contribution >= 4 is 11.3 Å². The molecule has 0 radical (unpaired) electrons. The number of thiophene rings is 1. The van der Waals surface area contributed by atoms with Crippen LogP contribution < -0.4 is 0 Å². The maximum atomic E-state index is 2.33. The van der Waals surface area contributed by atoms with E-state index in [1.54, 1.807) is 10.4 Å². The van der Waals surface area contributed by atoms with Crippen LogP contribution in [0.4, 0.5) is 0 Å². The summed E-state index contributed by atoms with van der Waals surface area (Å²) in [6, 6.07) is 2.33. The van der Waals surface area contributed by atoms with E-state index >= 15 is 0 Å². The van der Waals surface area contributed by atoms with Gasteiger partial charge in [0.2, 0.25) is 0 Å². The zero-order valence-corrected chi connectivity index (χ0v) is 9.94. The minimum absolute atomic E-state index is 0.794. The molecule has 14 heavy (non-hydrogen) atoms. The maximum absolute atomic E-state index is 2.33. The summed E-state index contributed by atoms with van der Waals surface area (Å²) >= 11 is 1.96. The molecule has 0 saturated carbocycles. The first-order chi connectivity index (χ1) is 6.77. The van der Waals surface area contributed by atoms with E-state index in [1.165, 1.54) is 32.2 Å². The van der Waals surface area contributed by atoms with Crippen molar-refractivity contribution in [3.05, 3.63) is 21.9 Å². The van der Waals surface area contributed by atoms with Crippen LogP contribution in [0.3, 0.4) is 0 Å². The van der Waals surface area contributed by atoms with Gasteiger partial charge in [-0.2, -0.15) is 0 Å². The number of likely N-dealkylation sites (N-methyl/N-ethyl adjacent to an activating group) is 1. The third kappa shape index (κ3) is 2.18. The van der Waals surface area contributed by atoms with Crippen LogP contribution >= 0.6 is 11.3 Å². The van der Waals surface area contributed by atoms with E-state index in [9.17, 15) is 0 Å². The van der Waals surface area contributed by atoms with Gasteiger partial charge in [0.15, 0.2) is 0 Å². The molecule has 1 aliphatic rings. The van der Waals surface area contributed by atoms with Crippen molar-refractivity contribution in [3.8, 4) is 0 Å². The maximum Gasteiger partial charge on any atom is 0.0121 e. The number of rotatable bonds is 2. The standard InChI is InChI=1S/C12H19NS/c1-13(2)9-11-6-4-3-5-10-7-8-14-12(10)11/h7-8,11H,3-6,9H2,1-2H3. The Bertz CT molecular complexity index is 290.